The van der Waals surface area contributed by atoms with Crippen LogP contribution in [0.25, 0.3) is 54.6 Å². The third kappa shape index (κ3) is 4.93. The molecule has 2 aliphatic carbocycles. The van der Waals surface area contributed by atoms with E-state index in [0.29, 0.717) is 0 Å². The van der Waals surface area contributed by atoms with E-state index in [-0.39, 0.29) is 41.1 Å². The molecule has 0 fully saturated rings. The van der Waals surface area contributed by atoms with E-state index in [1.807, 2.05) is 0 Å². The molecule has 10 aromatic carbocycles. The van der Waals surface area contributed by atoms with Crippen molar-refractivity contribution < 1.29 is 4.79 Å². The summed E-state index contributed by atoms with van der Waals surface area (Å²) in [5, 5.41) is 7.11. The Labute approximate surface area is 423 Å². The summed E-state index contributed by atoms with van der Waals surface area (Å²) in [6.45, 7) is 19.0. The fraction of sp³-hybridized carbons (Fsp3) is 0.179. The van der Waals surface area contributed by atoms with Crippen molar-refractivity contribution in [2.45, 2.75) is 77.0 Å². The monoisotopic (exact) mass is 924 g/mol. The lowest BCUT2D eigenvalue weighted by molar-refractivity contribution is 0.255. The number of hydrogen-bond donors (Lipinski definition) is 0. The second-order valence-corrected chi connectivity index (χ2v) is 23.5. The van der Waals surface area contributed by atoms with Crippen LogP contribution < -0.4 is 42.6 Å². The molecule has 72 heavy (non-hydrogen) atoms. The predicted octanol–water partition coefficient (Wildman–Crippen LogP) is 12.7. The van der Waals surface area contributed by atoms with Crippen molar-refractivity contribution >= 4 is 107 Å². The molecule has 5 aliphatic rings. The van der Waals surface area contributed by atoms with E-state index < -0.39 is 0 Å². The highest BCUT2D eigenvalue weighted by molar-refractivity contribution is 7.01. The molecule has 0 atom stereocenters. The molecule has 0 radical (unpaired) electrons. The zero-order valence-electron chi connectivity index (χ0n) is 42.3. The summed E-state index contributed by atoms with van der Waals surface area (Å²) in [7, 11) is 0. The van der Waals surface area contributed by atoms with E-state index in [0.717, 1.165) is 66.5 Å². The van der Waals surface area contributed by atoms with Gasteiger partial charge in [-0.15, -0.1) is 0 Å². The van der Waals surface area contributed by atoms with Gasteiger partial charge in [0.25, 0.3) is 0 Å². The maximum absolute atomic E-state index is 17.5. The van der Waals surface area contributed by atoms with Crippen molar-refractivity contribution in [3.05, 3.63) is 204 Å². The van der Waals surface area contributed by atoms with Gasteiger partial charge in [0.15, 0.2) is 0 Å². The molecule has 3 aliphatic heterocycles. The largest absolute Gasteiger partial charge is 0.338 e. The normalized spacial score (nSPS) is 17.5. The molecule has 0 bridgehead atoms. The first-order chi connectivity index (χ1) is 34.7. The summed E-state index contributed by atoms with van der Waals surface area (Å²) in [5.74, 6) is 0. The van der Waals surface area contributed by atoms with Gasteiger partial charge in [0, 0.05) is 16.2 Å². The van der Waals surface area contributed by atoms with Gasteiger partial charge < -0.3 is 0 Å². The van der Waals surface area contributed by atoms with Gasteiger partial charge in [-0.05, 0) is 116 Å². The first-order valence-electron chi connectivity index (χ1n) is 26.0. The second kappa shape index (κ2) is 13.9. The van der Waals surface area contributed by atoms with Crippen LogP contribution >= 0.6 is 0 Å². The van der Waals surface area contributed by atoms with Crippen molar-refractivity contribution in [1.29, 1.82) is 0 Å². The van der Waals surface area contributed by atoms with Crippen molar-refractivity contribution in [1.82, 2.24) is 0 Å². The second-order valence-electron chi connectivity index (χ2n) is 23.5. The number of fused-ring (bicyclic) bond motifs is 6. The SMILES string of the molecule is CC1(C)c2cccc3c4c(cc(c23)C1(C)C)B(c1ccccc1)c1c(-c2ccccc2)cc2cc(-c3ccccc3)c3c5c2c1N4C(=O)N5c1c(cc2c4c(cccc14)C(C)(C)C2(C)C)B3c1ccccc1. The Kier molecular flexibility index (Phi) is 8.11. The molecule has 2 amide bonds. The number of nitrogens with zero attached hydrogens (tertiary/aromatic N) is 2. The lowest BCUT2D eigenvalue weighted by Crippen LogP contribution is -2.65. The predicted molar refractivity (Wildman–Crippen MR) is 307 cm³/mol. The Morgan fingerprint density at radius 1 is 0.361 bits per heavy atom. The molecule has 0 saturated heterocycles. The molecule has 3 heterocycles. The van der Waals surface area contributed by atoms with E-state index in [2.05, 4.69) is 247 Å². The maximum Gasteiger partial charge on any atom is 0.338 e. The lowest BCUT2D eigenvalue weighted by atomic mass is 9.32. The molecule has 0 aromatic heterocycles. The molecule has 0 saturated carbocycles. The van der Waals surface area contributed by atoms with Crippen LogP contribution in [0.2, 0.25) is 0 Å². The van der Waals surface area contributed by atoms with Gasteiger partial charge in [-0.25, -0.2) is 4.79 Å². The van der Waals surface area contributed by atoms with E-state index in [1.54, 1.807) is 0 Å². The van der Waals surface area contributed by atoms with E-state index >= 15 is 4.79 Å². The molecule has 15 rings (SSSR count). The average molecular weight is 925 g/mol. The quantitative estimate of drug-likeness (QED) is 0.161. The van der Waals surface area contributed by atoms with Crippen LogP contribution in [0, 0.1) is 0 Å². The number of amides is 2. The molecule has 10 aromatic rings. The van der Waals surface area contributed by atoms with Gasteiger partial charge in [0.2, 0.25) is 13.4 Å². The molecule has 344 valence electrons. The highest BCUT2D eigenvalue weighted by atomic mass is 16.2. The Hall–Kier alpha value is -7.62. The minimum Gasteiger partial charge on any atom is -0.262 e. The van der Waals surface area contributed by atoms with Gasteiger partial charge in [-0.2, -0.15) is 0 Å². The van der Waals surface area contributed by atoms with Crippen molar-refractivity contribution in [2.24, 2.45) is 0 Å². The molecule has 3 nitrogen and oxygen atoms in total. The van der Waals surface area contributed by atoms with Gasteiger partial charge in [0.1, 0.15) is 0 Å². The summed E-state index contributed by atoms with van der Waals surface area (Å²) in [5.41, 5.74) is 20.5. The summed E-state index contributed by atoms with van der Waals surface area (Å²) in [6, 6.07) is 67.9. The van der Waals surface area contributed by atoms with Gasteiger partial charge in [0.05, 0.1) is 22.7 Å². The molecule has 0 unspecified atom stereocenters. The first kappa shape index (κ1) is 42.1. The van der Waals surface area contributed by atoms with Crippen molar-refractivity contribution in [3.63, 3.8) is 0 Å². The molecule has 0 N–H and O–H groups in total. The zero-order valence-corrected chi connectivity index (χ0v) is 42.3. The Balaban J connectivity index is 1.20. The average Bonchev–Trinajstić information content (AvgIpc) is 3.65. The summed E-state index contributed by atoms with van der Waals surface area (Å²) < 4.78 is 0. The van der Waals surface area contributed by atoms with E-state index in [4.69, 9.17) is 0 Å². The van der Waals surface area contributed by atoms with Crippen LogP contribution in [-0.2, 0) is 21.7 Å². The van der Waals surface area contributed by atoms with Crippen LogP contribution in [-0.4, -0.2) is 19.5 Å². The van der Waals surface area contributed by atoms with Crippen LogP contribution in [0.4, 0.5) is 27.5 Å². The Morgan fingerprint density at radius 3 is 1.11 bits per heavy atom. The number of carbonyl (C=O) groups excluding carboxylic acids is 1. The molecule has 5 heteroatoms. The summed E-state index contributed by atoms with van der Waals surface area (Å²) >= 11 is 0. The standard InChI is InChI=1S/C67H54B2N2O/c1-64(2)48-33-21-31-44-55(48)50(66(64,5)6)37-52-59(44)70-61-54-41(35-46(39-23-13-9-14-24-39)57(61)68(52)42-27-17-11-18-28-42)36-47(40-25-15-10-16-26-40)58-62(54)71(63(70)72)60-45-32-22-34-49-56(45)51(67(7,8)65(49,3)4)38-53(60)69(58)43-29-19-12-20-30-43/h9-38H,1-8H3. The van der Waals surface area contributed by atoms with Crippen LogP contribution in [0.15, 0.2) is 182 Å². The minimum absolute atomic E-state index is 0.0308. The van der Waals surface area contributed by atoms with Gasteiger partial charge >= 0.3 is 6.03 Å². The Bertz CT molecular complexity index is 3810. The third-order valence-corrected chi connectivity index (χ3v) is 19.5. The van der Waals surface area contributed by atoms with Crippen molar-refractivity contribution in [3.8, 4) is 22.3 Å². The number of hydrogen-bond acceptors (Lipinski definition) is 1. The fourth-order valence-corrected chi connectivity index (χ4v) is 14.6. The number of carbonyl (C=O) groups is 1. The fourth-order valence-electron chi connectivity index (χ4n) is 14.6. The summed E-state index contributed by atoms with van der Waals surface area (Å²) in [4.78, 5) is 21.9. The van der Waals surface area contributed by atoms with Crippen molar-refractivity contribution in [2.75, 3.05) is 9.80 Å². The number of anilines is 4. The minimum atomic E-state index is -0.181. The van der Waals surface area contributed by atoms with E-state index in [1.165, 1.54) is 65.8 Å². The summed E-state index contributed by atoms with van der Waals surface area (Å²) in [6.07, 6.45) is 0. The highest BCUT2D eigenvalue weighted by Crippen LogP contribution is 2.60. The number of benzene rings is 10. The van der Waals surface area contributed by atoms with Gasteiger partial charge in [-0.1, -0.05) is 236 Å². The number of urea groups is 1. The molecular formula is C67H54B2N2O. The maximum atomic E-state index is 17.5. The smallest absolute Gasteiger partial charge is 0.262 e. The lowest BCUT2D eigenvalue weighted by Gasteiger charge is -2.48. The van der Waals surface area contributed by atoms with Crippen LogP contribution in [0.1, 0.15) is 77.6 Å². The molecule has 0 spiro atoms. The van der Waals surface area contributed by atoms with E-state index in [9.17, 15) is 0 Å². The van der Waals surface area contributed by atoms with Gasteiger partial charge in [-0.3, -0.25) is 9.80 Å². The highest BCUT2D eigenvalue weighted by Gasteiger charge is 2.55. The van der Waals surface area contributed by atoms with Crippen LogP contribution in [0.5, 0.6) is 0 Å². The van der Waals surface area contributed by atoms with Crippen LogP contribution in [0.3, 0.4) is 0 Å². The Morgan fingerprint density at radius 2 is 0.722 bits per heavy atom. The third-order valence-electron chi connectivity index (χ3n) is 19.5. The number of rotatable bonds is 4. The molecular weight excluding hydrogens is 870 g/mol. The topological polar surface area (TPSA) is 23.6 Å². The first-order valence-corrected chi connectivity index (χ1v) is 26.0. The zero-order chi connectivity index (χ0) is 49.0.